The number of aryl methyl sites for hydroxylation is 3. The van der Waals surface area contributed by atoms with Crippen molar-refractivity contribution in [1.29, 1.82) is 0 Å². The molecule has 0 spiro atoms. The number of aromatic nitrogens is 2. The molecule has 0 bridgehead atoms. The standard InChI is InChI=1S/C15H18N4O2/c1-9-4-5-13(12(16)6-9)18-14(20)8-19-11(3)7-10(2)17-15(19)21/h4-7H,8,16H2,1-3H3,(H,18,20). The van der Waals surface area contributed by atoms with Gasteiger partial charge in [0.1, 0.15) is 6.54 Å². The summed E-state index contributed by atoms with van der Waals surface area (Å²) in [6, 6.07) is 7.14. The van der Waals surface area contributed by atoms with Crippen LogP contribution in [0.5, 0.6) is 0 Å². The summed E-state index contributed by atoms with van der Waals surface area (Å²) in [4.78, 5) is 27.7. The first-order valence-corrected chi connectivity index (χ1v) is 6.58. The Balaban J connectivity index is 2.18. The van der Waals surface area contributed by atoms with Crippen LogP contribution < -0.4 is 16.7 Å². The lowest BCUT2D eigenvalue weighted by Crippen LogP contribution is -2.31. The highest BCUT2D eigenvalue weighted by Crippen LogP contribution is 2.19. The fraction of sp³-hybridized carbons (Fsp3) is 0.267. The third-order valence-corrected chi connectivity index (χ3v) is 3.13. The molecule has 1 heterocycles. The molecule has 6 heteroatoms. The van der Waals surface area contributed by atoms with Crippen molar-refractivity contribution < 1.29 is 4.79 Å². The van der Waals surface area contributed by atoms with Gasteiger partial charge >= 0.3 is 5.69 Å². The first-order valence-electron chi connectivity index (χ1n) is 6.58. The van der Waals surface area contributed by atoms with Crippen LogP contribution in [-0.2, 0) is 11.3 Å². The Bertz CT molecular complexity index is 750. The molecule has 0 fully saturated rings. The van der Waals surface area contributed by atoms with E-state index in [1.165, 1.54) is 4.57 Å². The number of nitrogens with one attached hydrogen (secondary N) is 1. The van der Waals surface area contributed by atoms with Gasteiger partial charge in [-0.15, -0.1) is 0 Å². The number of benzene rings is 1. The van der Waals surface area contributed by atoms with Crippen molar-refractivity contribution in [2.75, 3.05) is 11.1 Å². The second kappa shape index (κ2) is 5.78. The maximum Gasteiger partial charge on any atom is 0.348 e. The molecule has 0 radical (unpaired) electrons. The number of carbonyl (C=O) groups excluding carboxylic acids is 1. The van der Waals surface area contributed by atoms with E-state index in [-0.39, 0.29) is 12.5 Å². The second-order valence-electron chi connectivity index (χ2n) is 5.05. The zero-order valence-corrected chi connectivity index (χ0v) is 12.3. The molecular formula is C15H18N4O2. The molecule has 1 amide bonds. The number of hydrogen-bond donors (Lipinski definition) is 2. The average Bonchev–Trinajstić information content (AvgIpc) is 2.37. The molecule has 21 heavy (non-hydrogen) atoms. The molecule has 3 N–H and O–H groups in total. The Labute approximate surface area is 122 Å². The fourth-order valence-corrected chi connectivity index (χ4v) is 2.10. The predicted molar refractivity (Wildman–Crippen MR) is 82.2 cm³/mol. The molecule has 110 valence electrons. The second-order valence-corrected chi connectivity index (χ2v) is 5.05. The van der Waals surface area contributed by atoms with Crippen molar-refractivity contribution in [3.63, 3.8) is 0 Å². The number of nitrogens with two attached hydrogens (primary N) is 1. The van der Waals surface area contributed by atoms with Gasteiger partial charge in [0.2, 0.25) is 5.91 Å². The van der Waals surface area contributed by atoms with Crippen LogP contribution in [0.1, 0.15) is 17.0 Å². The highest BCUT2D eigenvalue weighted by atomic mass is 16.2. The summed E-state index contributed by atoms with van der Waals surface area (Å²) >= 11 is 0. The first kappa shape index (κ1) is 14.8. The smallest absolute Gasteiger partial charge is 0.348 e. The molecule has 0 unspecified atom stereocenters. The summed E-state index contributed by atoms with van der Waals surface area (Å²) in [6.07, 6.45) is 0. The van der Waals surface area contributed by atoms with Crippen molar-refractivity contribution in [3.8, 4) is 0 Å². The van der Waals surface area contributed by atoms with Gasteiger partial charge in [0.05, 0.1) is 11.4 Å². The zero-order chi connectivity index (χ0) is 15.6. The van der Waals surface area contributed by atoms with Crippen LogP contribution in [0, 0.1) is 20.8 Å². The van der Waals surface area contributed by atoms with Gasteiger partial charge in [-0.25, -0.2) is 4.79 Å². The summed E-state index contributed by atoms with van der Waals surface area (Å²) in [7, 11) is 0. The van der Waals surface area contributed by atoms with Gasteiger partial charge in [-0.2, -0.15) is 4.98 Å². The summed E-state index contributed by atoms with van der Waals surface area (Å²) in [5.41, 5.74) is 8.79. The first-order chi connectivity index (χ1) is 9.86. The molecule has 2 aromatic rings. The number of rotatable bonds is 3. The minimum Gasteiger partial charge on any atom is -0.397 e. The van der Waals surface area contributed by atoms with E-state index in [0.29, 0.717) is 22.8 Å². The van der Waals surface area contributed by atoms with E-state index in [0.717, 1.165) is 5.56 Å². The SMILES string of the molecule is Cc1ccc(NC(=O)Cn2c(C)cc(C)nc2=O)c(N)c1. The highest BCUT2D eigenvalue weighted by Gasteiger charge is 2.10. The number of amides is 1. The lowest BCUT2D eigenvalue weighted by Gasteiger charge is -2.11. The van der Waals surface area contributed by atoms with Gasteiger partial charge in [-0.3, -0.25) is 9.36 Å². The molecule has 1 aromatic heterocycles. The van der Waals surface area contributed by atoms with E-state index < -0.39 is 5.69 Å². The van der Waals surface area contributed by atoms with Crippen molar-refractivity contribution in [2.45, 2.75) is 27.3 Å². The summed E-state index contributed by atoms with van der Waals surface area (Å²) in [6.45, 7) is 5.34. The average molecular weight is 286 g/mol. The molecule has 6 nitrogen and oxygen atoms in total. The molecule has 2 rings (SSSR count). The van der Waals surface area contributed by atoms with Gasteiger partial charge in [-0.1, -0.05) is 6.07 Å². The van der Waals surface area contributed by atoms with E-state index >= 15 is 0 Å². The van der Waals surface area contributed by atoms with Crippen LogP contribution in [0.4, 0.5) is 11.4 Å². The van der Waals surface area contributed by atoms with Gasteiger partial charge in [0.25, 0.3) is 0 Å². The van der Waals surface area contributed by atoms with Crippen molar-refractivity contribution >= 4 is 17.3 Å². The van der Waals surface area contributed by atoms with E-state index in [9.17, 15) is 9.59 Å². The number of carbonyl (C=O) groups is 1. The maximum atomic E-state index is 12.1. The third kappa shape index (κ3) is 3.47. The Hall–Kier alpha value is -2.63. The molecule has 0 saturated carbocycles. The summed E-state index contributed by atoms with van der Waals surface area (Å²) in [5.74, 6) is -0.318. The predicted octanol–water partition coefficient (Wildman–Crippen LogP) is 1.39. The van der Waals surface area contributed by atoms with E-state index in [1.807, 2.05) is 13.0 Å². The Kier molecular flexibility index (Phi) is 4.07. The fourth-order valence-electron chi connectivity index (χ4n) is 2.10. The minimum atomic E-state index is -0.431. The van der Waals surface area contributed by atoms with Crippen LogP contribution in [0.3, 0.4) is 0 Å². The third-order valence-electron chi connectivity index (χ3n) is 3.13. The maximum absolute atomic E-state index is 12.1. The van der Waals surface area contributed by atoms with Gasteiger partial charge < -0.3 is 11.1 Å². The van der Waals surface area contributed by atoms with E-state index in [4.69, 9.17) is 5.73 Å². The summed E-state index contributed by atoms with van der Waals surface area (Å²) < 4.78 is 1.33. The zero-order valence-electron chi connectivity index (χ0n) is 12.3. The molecule has 0 aliphatic heterocycles. The lowest BCUT2D eigenvalue weighted by molar-refractivity contribution is -0.116. The largest absolute Gasteiger partial charge is 0.397 e. The minimum absolute atomic E-state index is 0.0920. The number of nitrogens with zero attached hydrogens (tertiary/aromatic N) is 2. The Morgan fingerprint density at radius 1 is 1.29 bits per heavy atom. The molecule has 1 aromatic carbocycles. The van der Waals surface area contributed by atoms with Crippen LogP contribution in [-0.4, -0.2) is 15.5 Å². The van der Waals surface area contributed by atoms with Gasteiger partial charge in [0, 0.05) is 11.4 Å². The number of hydrogen-bond acceptors (Lipinski definition) is 4. The molecule has 0 aliphatic rings. The molecule has 0 saturated heterocycles. The quantitative estimate of drug-likeness (QED) is 0.834. The van der Waals surface area contributed by atoms with Crippen LogP contribution in [0.15, 0.2) is 29.1 Å². The van der Waals surface area contributed by atoms with Crippen LogP contribution in [0.25, 0.3) is 0 Å². The van der Waals surface area contributed by atoms with Crippen molar-refractivity contribution in [3.05, 3.63) is 51.7 Å². The van der Waals surface area contributed by atoms with E-state index in [1.54, 1.807) is 32.0 Å². The molecular weight excluding hydrogens is 268 g/mol. The van der Waals surface area contributed by atoms with Gasteiger partial charge in [-0.05, 0) is 44.5 Å². The Morgan fingerprint density at radius 2 is 2.00 bits per heavy atom. The van der Waals surface area contributed by atoms with Crippen molar-refractivity contribution in [2.24, 2.45) is 0 Å². The summed E-state index contributed by atoms with van der Waals surface area (Å²) in [5, 5.41) is 2.70. The number of nitrogen functional groups attached to an aromatic ring is 1. The van der Waals surface area contributed by atoms with Gasteiger partial charge in [0.15, 0.2) is 0 Å². The Morgan fingerprint density at radius 3 is 2.62 bits per heavy atom. The highest BCUT2D eigenvalue weighted by molar-refractivity contribution is 5.93. The molecule has 0 atom stereocenters. The molecule has 0 aliphatic carbocycles. The van der Waals surface area contributed by atoms with Crippen LogP contribution in [0.2, 0.25) is 0 Å². The monoisotopic (exact) mass is 286 g/mol. The normalized spacial score (nSPS) is 10.4. The topological polar surface area (TPSA) is 90.0 Å². The lowest BCUT2D eigenvalue weighted by atomic mass is 10.2. The van der Waals surface area contributed by atoms with E-state index in [2.05, 4.69) is 10.3 Å². The van der Waals surface area contributed by atoms with Crippen LogP contribution >= 0.6 is 0 Å². The number of anilines is 2. The van der Waals surface area contributed by atoms with Crippen molar-refractivity contribution in [1.82, 2.24) is 9.55 Å².